The molecule has 8 heteroatoms. The lowest BCUT2D eigenvalue weighted by atomic mass is 9.90. The number of ether oxygens (including phenoxy) is 1. The highest BCUT2D eigenvalue weighted by molar-refractivity contribution is 5.86. The molecule has 1 aliphatic heterocycles. The van der Waals surface area contributed by atoms with E-state index in [1.165, 1.54) is 12.5 Å². The van der Waals surface area contributed by atoms with Crippen LogP contribution in [-0.4, -0.2) is 43.3 Å². The summed E-state index contributed by atoms with van der Waals surface area (Å²) in [6, 6.07) is 1.83. The van der Waals surface area contributed by atoms with Crippen LogP contribution in [0, 0.1) is 5.92 Å². The van der Waals surface area contributed by atoms with Crippen LogP contribution in [0.25, 0.3) is 11.0 Å². The van der Waals surface area contributed by atoms with Crippen LogP contribution in [0.4, 0.5) is 5.82 Å². The van der Waals surface area contributed by atoms with Gasteiger partial charge in [0.1, 0.15) is 29.6 Å². The Bertz CT molecular complexity index is 685. The van der Waals surface area contributed by atoms with Crippen molar-refractivity contribution in [2.24, 2.45) is 11.1 Å². The van der Waals surface area contributed by atoms with Gasteiger partial charge in [-0.2, -0.15) is 0 Å². The van der Waals surface area contributed by atoms with Crippen LogP contribution in [0.5, 0.6) is 0 Å². The lowest BCUT2D eigenvalue weighted by molar-refractivity contribution is -0.0630. The van der Waals surface area contributed by atoms with Crippen molar-refractivity contribution in [1.29, 1.82) is 0 Å². The summed E-state index contributed by atoms with van der Waals surface area (Å²) in [4.78, 5) is 8.19. The van der Waals surface area contributed by atoms with Crippen LogP contribution >= 0.6 is 0 Å². The van der Waals surface area contributed by atoms with Gasteiger partial charge in [-0.05, 0) is 18.4 Å². The predicted molar refractivity (Wildman–Crippen MR) is 75.9 cm³/mol. The first-order valence-corrected chi connectivity index (χ1v) is 6.65. The quantitative estimate of drug-likeness (QED) is 0.436. The summed E-state index contributed by atoms with van der Waals surface area (Å²) in [6.07, 6.45) is 4.81. The van der Waals surface area contributed by atoms with Gasteiger partial charge in [0.25, 0.3) is 0 Å². The van der Waals surface area contributed by atoms with Crippen molar-refractivity contribution < 1.29 is 15.1 Å². The molecule has 0 spiro atoms. The molecule has 8 nitrogen and oxygen atoms in total. The molecule has 3 atom stereocenters. The number of rotatable bonds is 3. The van der Waals surface area contributed by atoms with E-state index in [0.29, 0.717) is 17.9 Å². The number of nitrogens with zero attached hydrogens (tertiary/aromatic N) is 4. The van der Waals surface area contributed by atoms with E-state index < -0.39 is 5.60 Å². The number of aliphatic hydroxyl groups excluding tert-OH is 1. The highest BCUT2D eigenvalue weighted by atomic mass is 16.5. The second-order valence-electron chi connectivity index (χ2n) is 5.29. The first kappa shape index (κ1) is 13.8. The fraction of sp³-hybridized carbons (Fsp3) is 0.462. The molecule has 2 aromatic heterocycles. The number of aliphatic hydroxyl groups is 1. The summed E-state index contributed by atoms with van der Waals surface area (Å²) in [7, 11) is 0. The van der Waals surface area contributed by atoms with Crippen LogP contribution in [0.2, 0.25) is 0 Å². The van der Waals surface area contributed by atoms with Gasteiger partial charge in [-0.15, -0.1) is 0 Å². The molecule has 0 radical (unpaired) electrons. The summed E-state index contributed by atoms with van der Waals surface area (Å²) in [5.41, 5.74) is 5.51. The SMILES string of the molecule is C[C@H]1C[C@H](n2ccc3c(N)ncnc32)O[C@]1(C=NO)CO. The topological polar surface area (TPSA) is 119 Å². The lowest BCUT2D eigenvalue weighted by Crippen LogP contribution is -2.40. The Hall–Kier alpha value is -2.19. The van der Waals surface area contributed by atoms with Crippen molar-refractivity contribution in [1.82, 2.24) is 14.5 Å². The molecule has 0 unspecified atom stereocenters. The second kappa shape index (κ2) is 4.97. The lowest BCUT2D eigenvalue weighted by Gasteiger charge is -2.26. The molecule has 4 N–H and O–H groups in total. The standard InChI is InChI=1S/C13H17N5O3/c1-8-4-10(21-13(8,6-19)5-17-20)18-3-2-9-11(14)15-7-16-12(9)18/h2-3,5,7-8,10,19-20H,4,6H2,1H3,(H2,14,15,16)/t8-,10+,13+/m0/s1. The molecule has 21 heavy (non-hydrogen) atoms. The van der Waals surface area contributed by atoms with Gasteiger partial charge >= 0.3 is 0 Å². The fourth-order valence-corrected chi connectivity index (χ4v) is 2.80. The van der Waals surface area contributed by atoms with Gasteiger partial charge in [0.15, 0.2) is 0 Å². The van der Waals surface area contributed by atoms with Crippen molar-refractivity contribution >= 4 is 23.1 Å². The fourth-order valence-electron chi connectivity index (χ4n) is 2.80. The zero-order chi connectivity index (χ0) is 15.0. The van der Waals surface area contributed by atoms with E-state index >= 15 is 0 Å². The highest BCUT2D eigenvalue weighted by Gasteiger charge is 2.46. The maximum atomic E-state index is 9.61. The zero-order valence-electron chi connectivity index (χ0n) is 11.5. The number of nitrogen functional groups attached to an aromatic ring is 1. The first-order chi connectivity index (χ1) is 10.1. The van der Waals surface area contributed by atoms with Crippen molar-refractivity contribution in [3.8, 4) is 0 Å². The molecule has 0 saturated carbocycles. The predicted octanol–water partition coefficient (Wildman–Crippen LogP) is 0.760. The summed E-state index contributed by atoms with van der Waals surface area (Å²) in [5.74, 6) is 0.398. The Morgan fingerprint density at radius 3 is 3.14 bits per heavy atom. The summed E-state index contributed by atoms with van der Waals surface area (Å²) >= 11 is 0. The summed E-state index contributed by atoms with van der Waals surface area (Å²) < 4.78 is 7.80. The van der Waals surface area contributed by atoms with E-state index in [0.717, 1.165) is 5.39 Å². The van der Waals surface area contributed by atoms with E-state index in [1.807, 2.05) is 23.8 Å². The number of hydrogen-bond acceptors (Lipinski definition) is 7. The second-order valence-corrected chi connectivity index (χ2v) is 5.29. The van der Waals surface area contributed by atoms with Crippen LogP contribution in [0.15, 0.2) is 23.7 Å². The van der Waals surface area contributed by atoms with Crippen molar-refractivity contribution in [2.45, 2.75) is 25.2 Å². The summed E-state index contributed by atoms with van der Waals surface area (Å²) in [5, 5.41) is 22.2. The number of anilines is 1. The minimum absolute atomic E-state index is 0.0139. The summed E-state index contributed by atoms with van der Waals surface area (Å²) in [6.45, 7) is 1.68. The molecule has 0 bridgehead atoms. The number of hydrogen-bond donors (Lipinski definition) is 3. The molecule has 0 amide bonds. The van der Waals surface area contributed by atoms with E-state index in [-0.39, 0.29) is 18.8 Å². The number of nitrogens with two attached hydrogens (primary N) is 1. The van der Waals surface area contributed by atoms with Crippen LogP contribution in [-0.2, 0) is 4.74 Å². The molecule has 3 heterocycles. The minimum Gasteiger partial charge on any atom is -0.411 e. The molecular weight excluding hydrogens is 274 g/mol. The Kier molecular flexibility index (Phi) is 3.26. The molecule has 2 aromatic rings. The van der Waals surface area contributed by atoms with Crippen LogP contribution in [0.3, 0.4) is 0 Å². The van der Waals surface area contributed by atoms with Crippen molar-refractivity contribution in [3.63, 3.8) is 0 Å². The Morgan fingerprint density at radius 1 is 1.62 bits per heavy atom. The maximum absolute atomic E-state index is 9.61. The molecule has 3 rings (SSSR count). The average molecular weight is 291 g/mol. The van der Waals surface area contributed by atoms with Gasteiger partial charge in [-0.3, -0.25) is 0 Å². The molecule has 1 saturated heterocycles. The molecule has 112 valence electrons. The largest absolute Gasteiger partial charge is 0.411 e. The third kappa shape index (κ3) is 2.03. The maximum Gasteiger partial charge on any atom is 0.147 e. The van der Waals surface area contributed by atoms with E-state index in [1.54, 1.807) is 0 Å². The Morgan fingerprint density at radius 2 is 2.43 bits per heavy atom. The molecule has 0 aliphatic carbocycles. The molecule has 0 aromatic carbocycles. The third-order valence-corrected chi connectivity index (χ3v) is 4.12. The number of oxime groups is 1. The van der Waals surface area contributed by atoms with Gasteiger partial charge in [-0.25, -0.2) is 9.97 Å². The van der Waals surface area contributed by atoms with Gasteiger partial charge in [0.05, 0.1) is 18.2 Å². The molecular formula is C13H17N5O3. The number of aromatic nitrogens is 3. The van der Waals surface area contributed by atoms with Gasteiger partial charge < -0.3 is 25.4 Å². The minimum atomic E-state index is -0.991. The zero-order valence-corrected chi connectivity index (χ0v) is 11.5. The van der Waals surface area contributed by atoms with Crippen molar-refractivity contribution in [2.75, 3.05) is 12.3 Å². The Balaban J connectivity index is 2.00. The van der Waals surface area contributed by atoms with Crippen LogP contribution < -0.4 is 5.73 Å². The van der Waals surface area contributed by atoms with Gasteiger partial charge in [-0.1, -0.05) is 12.1 Å². The number of fused-ring (bicyclic) bond motifs is 1. The first-order valence-electron chi connectivity index (χ1n) is 6.65. The highest BCUT2D eigenvalue weighted by Crippen LogP contribution is 2.41. The normalized spacial score (nSPS) is 29.6. The Labute approximate surface area is 120 Å². The van der Waals surface area contributed by atoms with E-state index in [9.17, 15) is 5.11 Å². The third-order valence-electron chi connectivity index (χ3n) is 4.12. The van der Waals surface area contributed by atoms with Gasteiger partial charge in [0, 0.05) is 6.20 Å². The smallest absolute Gasteiger partial charge is 0.147 e. The van der Waals surface area contributed by atoms with E-state index in [2.05, 4.69) is 15.1 Å². The van der Waals surface area contributed by atoms with Gasteiger partial charge in [0.2, 0.25) is 0 Å². The molecule has 1 aliphatic rings. The van der Waals surface area contributed by atoms with Crippen LogP contribution in [0.1, 0.15) is 19.6 Å². The van der Waals surface area contributed by atoms with Crippen molar-refractivity contribution in [3.05, 3.63) is 18.6 Å². The average Bonchev–Trinajstić information content (AvgIpc) is 3.03. The van der Waals surface area contributed by atoms with E-state index in [4.69, 9.17) is 15.7 Å². The monoisotopic (exact) mass is 291 g/mol. The molecule has 1 fully saturated rings.